The van der Waals surface area contributed by atoms with E-state index in [0.717, 1.165) is 21.4 Å². The van der Waals surface area contributed by atoms with Gasteiger partial charge in [0.2, 0.25) is 0 Å². The van der Waals surface area contributed by atoms with Crippen molar-refractivity contribution in [1.82, 2.24) is 9.78 Å². The molecule has 0 aliphatic rings. The van der Waals surface area contributed by atoms with Crippen LogP contribution in [0.15, 0.2) is 30.5 Å². The molecule has 2 aromatic rings. The second-order valence-corrected chi connectivity index (χ2v) is 5.11. The zero-order valence-electron chi connectivity index (χ0n) is 10.3. The first-order chi connectivity index (χ1) is 8.61. The number of hydrogen-bond donors (Lipinski definition) is 1. The smallest absolute Gasteiger partial charge is 0.256 e. The molecule has 0 spiro atoms. The number of aryl methyl sites for hydroxylation is 2. The number of benzene rings is 1. The van der Waals surface area contributed by atoms with Crippen LogP contribution in [0.4, 0.5) is 5.69 Å². The molecule has 1 aromatic carbocycles. The number of anilines is 1. The van der Waals surface area contributed by atoms with Gasteiger partial charge in [-0.1, -0.05) is 19.1 Å². The van der Waals surface area contributed by atoms with Gasteiger partial charge in [0.25, 0.3) is 5.91 Å². The summed E-state index contributed by atoms with van der Waals surface area (Å²) in [6.07, 6.45) is 2.62. The monoisotopic (exact) mass is 355 g/mol. The fourth-order valence-electron chi connectivity index (χ4n) is 1.74. The summed E-state index contributed by atoms with van der Waals surface area (Å²) in [6, 6.07) is 7.51. The second-order valence-electron chi connectivity index (χ2n) is 3.95. The molecule has 2 rings (SSSR count). The predicted molar refractivity (Wildman–Crippen MR) is 79.7 cm³/mol. The molecule has 0 fully saturated rings. The van der Waals surface area contributed by atoms with E-state index in [1.165, 1.54) is 0 Å². The Labute approximate surface area is 120 Å². The number of carbonyl (C=O) groups excluding carboxylic acids is 1. The van der Waals surface area contributed by atoms with Crippen LogP contribution in [0.5, 0.6) is 0 Å². The lowest BCUT2D eigenvalue weighted by molar-refractivity contribution is 0.102. The Morgan fingerprint density at radius 1 is 1.44 bits per heavy atom. The lowest BCUT2D eigenvalue weighted by Crippen LogP contribution is -2.13. The van der Waals surface area contributed by atoms with Crippen molar-refractivity contribution in [3.63, 3.8) is 0 Å². The molecular formula is C13H14IN3O. The Morgan fingerprint density at radius 2 is 2.17 bits per heavy atom. The fraction of sp³-hybridized carbons (Fsp3) is 0.231. The number of halogens is 1. The van der Waals surface area contributed by atoms with Crippen LogP contribution in [0.25, 0.3) is 0 Å². The Balaban J connectivity index is 2.24. The van der Waals surface area contributed by atoms with Crippen molar-refractivity contribution >= 4 is 34.2 Å². The summed E-state index contributed by atoms with van der Waals surface area (Å²) in [5.74, 6) is -0.0947. The number of rotatable bonds is 3. The minimum absolute atomic E-state index is 0.0947. The van der Waals surface area contributed by atoms with Gasteiger partial charge in [0.15, 0.2) is 0 Å². The Kier molecular flexibility index (Phi) is 4.00. The van der Waals surface area contributed by atoms with Gasteiger partial charge in [0.1, 0.15) is 0 Å². The first-order valence-corrected chi connectivity index (χ1v) is 6.78. The summed E-state index contributed by atoms with van der Waals surface area (Å²) >= 11 is 2.16. The Morgan fingerprint density at radius 3 is 2.83 bits per heavy atom. The molecule has 0 saturated heterocycles. The van der Waals surface area contributed by atoms with Crippen molar-refractivity contribution in [2.24, 2.45) is 7.05 Å². The topological polar surface area (TPSA) is 46.9 Å². The molecule has 1 aromatic heterocycles. The molecule has 0 saturated carbocycles. The molecule has 0 aliphatic heterocycles. The van der Waals surface area contributed by atoms with Gasteiger partial charge >= 0.3 is 0 Å². The summed E-state index contributed by atoms with van der Waals surface area (Å²) in [5, 5.41) is 7.21. The molecule has 1 amide bonds. The number of hydrogen-bond acceptors (Lipinski definition) is 2. The molecule has 0 unspecified atom stereocenters. The molecule has 0 atom stereocenters. The van der Waals surface area contributed by atoms with Crippen LogP contribution >= 0.6 is 22.6 Å². The van der Waals surface area contributed by atoms with Gasteiger partial charge < -0.3 is 5.32 Å². The molecule has 0 aliphatic carbocycles. The average molecular weight is 355 g/mol. The number of nitrogens with zero attached hydrogens (tertiary/aromatic N) is 2. The van der Waals surface area contributed by atoms with Gasteiger partial charge in [-0.2, -0.15) is 5.10 Å². The summed E-state index contributed by atoms with van der Waals surface area (Å²) in [7, 11) is 1.85. The van der Waals surface area contributed by atoms with Crippen LogP contribution < -0.4 is 5.32 Å². The van der Waals surface area contributed by atoms with Gasteiger partial charge in [0, 0.05) is 16.8 Å². The number of aromatic nitrogens is 2. The zero-order chi connectivity index (χ0) is 13.1. The van der Waals surface area contributed by atoms with Crippen molar-refractivity contribution in [2.45, 2.75) is 13.3 Å². The van der Waals surface area contributed by atoms with Crippen LogP contribution in [-0.2, 0) is 13.5 Å². The van der Waals surface area contributed by atoms with Crippen LogP contribution in [0, 0.1) is 3.57 Å². The van der Waals surface area contributed by atoms with Crippen LogP contribution in [0.1, 0.15) is 23.0 Å². The van der Waals surface area contributed by atoms with Gasteiger partial charge in [-0.05, 0) is 41.1 Å². The van der Waals surface area contributed by atoms with E-state index in [-0.39, 0.29) is 5.91 Å². The van der Waals surface area contributed by atoms with E-state index in [0.29, 0.717) is 5.56 Å². The fourth-order valence-corrected chi connectivity index (χ4v) is 2.37. The first kappa shape index (κ1) is 13.1. The molecule has 0 radical (unpaired) electrons. The lowest BCUT2D eigenvalue weighted by Gasteiger charge is -2.05. The highest BCUT2D eigenvalue weighted by atomic mass is 127. The summed E-state index contributed by atoms with van der Waals surface area (Å²) in [4.78, 5) is 12.2. The molecule has 18 heavy (non-hydrogen) atoms. The van der Waals surface area contributed by atoms with Crippen molar-refractivity contribution in [1.29, 1.82) is 0 Å². The minimum Gasteiger partial charge on any atom is -0.319 e. The average Bonchev–Trinajstić information content (AvgIpc) is 2.70. The van der Waals surface area contributed by atoms with Crippen molar-refractivity contribution in [3.8, 4) is 0 Å². The zero-order valence-corrected chi connectivity index (χ0v) is 12.4. The molecule has 1 heterocycles. The highest BCUT2D eigenvalue weighted by Gasteiger charge is 2.13. The maximum Gasteiger partial charge on any atom is 0.256 e. The van der Waals surface area contributed by atoms with Gasteiger partial charge in [0.05, 0.1) is 16.9 Å². The lowest BCUT2D eigenvalue weighted by atomic mass is 10.2. The van der Waals surface area contributed by atoms with E-state index in [1.807, 2.05) is 44.4 Å². The van der Waals surface area contributed by atoms with E-state index < -0.39 is 0 Å². The largest absolute Gasteiger partial charge is 0.319 e. The molecule has 0 bridgehead atoms. The molecule has 94 valence electrons. The summed E-state index contributed by atoms with van der Waals surface area (Å²) < 4.78 is 2.65. The van der Waals surface area contributed by atoms with Crippen molar-refractivity contribution in [3.05, 3.63) is 45.3 Å². The quantitative estimate of drug-likeness (QED) is 0.861. The number of amides is 1. The van der Waals surface area contributed by atoms with Crippen LogP contribution in [0.3, 0.4) is 0 Å². The van der Waals surface area contributed by atoms with Crippen LogP contribution in [0.2, 0.25) is 0 Å². The third-order valence-electron chi connectivity index (χ3n) is 2.61. The predicted octanol–water partition coefficient (Wildman–Crippen LogP) is 2.84. The van der Waals surface area contributed by atoms with E-state index in [4.69, 9.17) is 0 Å². The van der Waals surface area contributed by atoms with E-state index in [2.05, 4.69) is 33.0 Å². The highest BCUT2D eigenvalue weighted by Crippen LogP contribution is 2.17. The Bertz CT molecular complexity index is 577. The normalized spacial score (nSPS) is 10.4. The maximum atomic E-state index is 12.2. The molecule has 4 nitrogen and oxygen atoms in total. The van der Waals surface area contributed by atoms with E-state index in [9.17, 15) is 4.79 Å². The molecular weight excluding hydrogens is 341 g/mol. The van der Waals surface area contributed by atoms with Gasteiger partial charge in [-0.3, -0.25) is 9.48 Å². The summed E-state index contributed by atoms with van der Waals surface area (Å²) in [6.45, 7) is 2.02. The van der Waals surface area contributed by atoms with E-state index in [1.54, 1.807) is 4.68 Å². The first-order valence-electron chi connectivity index (χ1n) is 5.70. The Hall–Kier alpha value is -1.37. The standard InChI is InChI=1S/C13H14IN3O/c1-3-11-12(8-17(2)16-11)15-13(18)9-6-4-5-7-10(9)14/h4-8H,3H2,1-2H3,(H,15,18). The van der Waals surface area contributed by atoms with Gasteiger partial charge in [-0.25, -0.2) is 0 Å². The third kappa shape index (κ3) is 2.72. The van der Waals surface area contributed by atoms with Gasteiger partial charge in [-0.15, -0.1) is 0 Å². The maximum absolute atomic E-state index is 12.2. The minimum atomic E-state index is -0.0947. The van der Waals surface area contributed by atoms with Crippen molar-refractivity contribution in [2.75, 3.05) is 5.32 Å². The molecule has 1 N–H and O–H groups in total. The second kappa shape index (κ2) is 5.51. The van der Waals surface area contributed by atoms with Crippen molar-refractivity contribution < 1.29 is 4.79 Å². The number of nitrogens with one attached hydrogen (secondary N) is 1. The highest BCUT2D eigenvalue weighted by molar-refractivity contribution is 14.1. The van der Waals surface area contributed by atoms with Crippen LogP contribution in [-0.4, -0.2) is 15.7 Å². The SMILES string of the molecule is CCc1nn(C)cc1NC(=O)c1ccccc1I. The number of carbonyl (C=O) groups is 1. The summed E-state index contributed by atoms with van der Waals surface area (Å²) in [5.41, 5.74) is 2.37. The molecule has 5 heteroatoms. The third-order valence-corrected chi connectivity index (χ3v) is 3.55. The van der Waals surface area contributed by atoms with E-state index >= 15 is 0 Å².